The van der Waals surface area contributed by atoms with E-state index in [1.54, 1.807) is 0 Å². The molecule has 25 heavy (non-hydrogen) atoms. The number of carbonyl (C=O) groups is 1. The van der Waals surface area contributed by atoms with Crippen molar-refractivity contribution in [1.29, 1.82) is 0 Å². The van der Waals surface area contributed by atoms with Gasteiger partial charge >= 0.3 is 12.2 Å². The lowest BCUT2D eigenvalue weighted by molar-refractivity contribution is -0.384. The van der Waals surface area contributed by atoms with Crippen molar-refractivity contribution < 1.29 is 22.9 Å². The van der Waals surface area contributed by atoms with Gasteiger partial charge in [0.1, 0.15) is 0 Å². The molecular formula is C16H14F3N3O3. The Morgan fingerprint density at radius 2 is 1.84 bits per heavy atom. The van der Waals surface area contributed by atoms with E-state index < -0.39 is 28.7 Å². The van der Waals surface area contributed by atoms with Crippen LogP contribution < -0.4 is 10.6 Å². The van der Waals surface area contributed by atoms with Crippen molar-refractivity contribution in [2.24, 2.45) is 0 Å². The summed E-state index contributed by atoms with van der Waals surface area (Å²) in [6.45, 7) is 1.53. The summed E-state index contributed by atoms with van der Waals surface area (Å²) >= 11 is 0. The number of carbonyl (C=O) groups excluding carboxylic acids is 1. The van der Waals surface area contributed by atoms with Gasteiger partial charge in [-0.25, -0.2) is 4.79 Å². The Morgan fingerprint density at radius 3 is 2.48 bits per heavy atom. The quantitative estimate of drug-likeness (QED) is 0.627. The lowest BCUT2D eigenvalue weighted by atomic mass is 10.1. The fourth-order valence-electron chi connectivity index (χ4n) is 2.13. The Balaban J connectivity index is 2.05. The number of urea groups is 1. The second-order valence-electron chi connectivity index (χ2n) is 5.25. The molecule has 0 saturated carbocycles. The summed E-state index contributed by atoms with van der Waals surface area (Å²) in [4.78, 5) is 22.0. The average molecular weight is 353 g/mol. The molecule has 0 saturated heterocycles. The molecule has 2 aromatic carbocycles. The second-order valence-corrected chi connectivity index (χ2v) is 5.25. The van der Waals surface area contributed by atoms with Crippen molar-refractivity contribution in [1.82, 2.24) is 5.32 Å². The number of non-ortho nitro benzene ring substituents is 1. The number of nitro groups is 1. The van der Waals surface area contributed by atoms with E-state index >= 15 is 0 Å². The van der Waals surface area contributed by atoms with E-state index in [0.717, 1.165) is 12.1 Å². The summed E-state index contributed by atoms with van der Waals surface area (Å²) in [5, 5.41) is 15.6. The monoisotopic (exact) mass is 353 g/mol. The molecule has 2 aromatic rings. The molecule has 1 unspecified atom stereocenters. The number of benzene rings is 2. The number of nitrogens with zero attached hydrogens (tertiary/aromatic N) is 1. The lowest BCUT2D eigenvalue weighted by Gasteiger charge is -2.16. The minimum atomic E-state index is -4.47. The van der Waals surface area contributed by atoms with Crippen molar-refractivity contribution in [3.63, 3.8) is 0 Å². The number of nitro benzene ring substituents is 1. The van der Waals surface area contributed by atoms with Gasteiger partial charge < -0.3 is 10.6 Å². The van der Waals surface area contributed by atoms with Crippen LogP contribution >= 0.6 is 0 Å². The maximum atomic E-state index is 12.7. The van der Waals surface area contributed by atoms with Crippen LogP contribution in [-0.4, -0.2) is 11.0 Å². The average Bonchev–Trinajstić information content (AvgIpc) is 2.54. The Labute approximate surface area is 140 Å². The molecule has 0 aliphatic carbocycles. The van der Waals surface area contributed by atoms with Crippen LogP contribution in [0.15, 0.2) is 48.5 Å². The van der Waals surface area contributed by atoms with Gasteiger partial charge in [0.05, 0.1) is 16.5 Å². The number of anilines is 1. The molecule has 0 aliphatic rings. The Kier molecular flexibility index (Phi) is 5.26. The molecular weight excluding hydrogens is 339 g/mol. The van der Waals surface area contributed by atoms with Gasteiger partial charge in [-0.2, -0.15) is 13.2 Å². The van der Waals surface area contributed by atoms with Crippen LogP contribution in [0.5, 0.6) is 0 Å². The Hall–Kier alpha value is -3.10. The van der Waals surface area contributed by atoms with Crippen molar-refractivity contribution >= 4 is 17.4 Å². The molecule has 9 heteroatoms. The van der Waals surface area contributed by atoms with Gasteiger partial charge in [-0.3, -0.25) is 10.1 Å². The molecule has 0 aromatic heterocycles. The molecule has 2 rings (SSSR count). The van der Waals surface area contributed by atoms with Crippen LogP contribution in [0.25, 0.3) is 0 Å². The highest BCUT2D eigenvalue weighted by Crippen LogP contribution is 2.30. The number of hydrogen-bond donors (Lipinski definition) is 2. The molecule has 0 aliphatic heterocycles. The first kappa shape index (κ1) is 18.2. The van der Waals surface area contributed by atoms with E-state index in [-0.39, 0.29) is 16.9 Å². The Morgan fingerprint density at radius 1 is 1.16 bits per heavy atom. The van der Waals surface area contributed by atoms with Gasteiger partial charge in [0.25, 0.3) is 5.69 Å². The predicted octanol–water partition coefficient (Wildman–Crippen LogP) is 4.50. The van der Waals surface area contributed by atoms with E-state index in [0.29, 0.717) is 0 Å². The van der Waals surface area contributed by atoms with Gasteiger partial charge in [0, 0.05) is 17.8 Å². The number of alkyl halides is 3. The van der Waals surface area contributed by atoms with Crippen LogP contribution in [0.1, 0.15) is 24.1 Å². The fourth-order valence-corrected chi connectivity index (χ4v) is 2.13. The van der Waals surface area contributed by atoms with Crippen molar-refractivity contribution in [3.05, 3.63) is 69.8 Å². The first-order valence-corrected chi connectivity index (χ1v) is 7.16. The van der Waals surface area contributed by atoms with Gasteiger partial charge in [-0.05, 0) is 30.7 Å². The fraction of sp³-hybridized carbons (Fsp3) is 0.188. The van der Waals surface area contributed by atoms with Crippen molar-refractivity contribution in [3.8, 4) is 0 Å². The van der Waals surface area contributed by atoms with E-state index in [1.807, 2.05) is 0 Å². The molecule has 0 heterocycles. The minimum absolute atomic E-state index is 0.191. The maximum absolute atomic E-state index is 12.7. The van der Waals surface area contributed by atoms with Crippen LogP contribution in [0, 0.1) is 10.1 Å². The van der Waals surface area contributed by atoms with Gasteiger partial charge in [-0.1, -0.05) is 18.2 Å². The lowest BCUT2D eigenvalue weighted by Crippen LogP contribution is -2.31. The molecule has 2 amide bonds. The first-order chi connectivity index (χ1) is 11.7. The zero-order valence-corrected chi connectivity index (χ0v) is 13.0. The van der Waals surface area contributed by atoms with Crippen LogP contribution in [-0.2, 0) is 6.18 Å². The van der Waals surface area contributed by atoms with Crippen LogP contribution in [0.2, 0.25) is 0 Å². The summed E-state index contributed by atoms with van der Waals surface area (Å²) in [6, 6.07) is 8.56. The van der Waals surface area contributed by atoms with E-state index in [9.17, 15) is 28.1 Å². The topological polar surface area (TPSA) is 84.3 Å². The zero-order chi connectivity index (χ0) is 18.6. The van der Waals surface area contributed by atoms with E-state index in [1.165, 1.54) is 43.3 Å². The third-order valence-corrected chi connectivity index (χ3v) is 3.38. The SMILES string of the molecule is CC(NC(=O)Nc1cccc([N+](=O)[O-])c1)c1cccc(C(F)(F)F)c1. The highest BCUT2D eigenvalue weighted by Gasteiger charge is 2.30. The molecule has 0 fully saturated rings. The number of halogens is 3. The normalized spacial score (nSPS) is 12.3. The largest absolute Gasteiger partial charge is 0.416 e. The minimum Gasteiger partial charge on any atom is -0.331 e. The van der Waals surface area contributed by atoms with Gasteiger partial charge in [-0.15, -0.1) is 0 Å². The predicted molar refractivity (Wildman–Crippen MR) is 85.1 cm³/mol. The summed E-state index contributed by atoms with van der Waals surface area (Å²) in [7, 11) is 0. The molecule has 2 N–H and O–H groups in total. The standard InChI is InChI=1S/C16H14F3N3O3/c1-10(11-4-2-5-12(8-11)16(17,18)19)20-15(23)21-13-6-3-7-14(9-13)22(24)25/h2-10H,1H3,(H2,20,21,23). The first-order valence-electron chi connectivity index (χ1n) is 7.16. The zero-order valence-electron chi connectivity index (χ0n) is 13.0. The number of hydrogen-bond acceptors (Lipinski definition) is 3. The van der Waals surface area contributed by atoms with Crippen molar-refractivity contribution in [2.75, 3.05) is 5.32 Å². The number of rotatable bonds is 4. The number of nitrogens with one attached hydrogen (secondary N) is 2. The summed E-state index contributed by atoms with van der Waals surface area (Å²) in [5.41, 5.74) is -0.520. The third kappa shape index (κ3) is 4.93. The highest BCUT2D eigenvalue weighted by molar-refractivity contribution is 5.89. The summed E-state index contributed by atoms with van der Waals surface area (Å²) < 4.78 is 38.2. The molecule has 6 nitrogen and oxygen atoms in total. The Bertz CT molecular complexity index is 793. The third-order valence-electron chi connectivity index (χ3n) is 3.38. The smallest absolute Gasteiger partial charge is 0.331 e. The second kappa shape index (κ2) is 7.20. The van der Waals surface area contributed by atoms with Crippen LogP contribution in [0.4, 0.5) is 29.3 Å². The van der Waals surface area contributed by atoms with Gasteiger partial charge in [0.15, 0.2) is 0 Å². The summed E-state index contributed by atoms with van der Waals surface area (Å²) in [5.74, 6) is 0. The number of amides is 2. The summed E-state index contributed by atoms with van der Waals surface area (Å²) in [6.07, 6.45) is -4.47. The molecule has 0 bridgehead atoms. The van der Waals surface area contributed by atoms with E-state index in [4.69, 9.17) is 0 Å². The highest BCUT2D eigenvalue weighted by atomic mass is 19.4. The van der Waals surface area contributed by atoms with Crippen molar-refractivity contribution in [2.45, 2.75) is 19.1 Å². The van der Waals surface area contributed by atoms with Crippen LogP contribution in [0.3, 0.4) is 0 Å². The molecule has 0 radical (unpaired) electrons. The molecule has 0 spiro atoms. The van der Waals surface area contributed by atoms with E-state index in [2.05, 4.69) is 10.6 Å². The van der Waals surface area contributed by atoms with Gasteiger partial charge in [0.2, 0.25) is 0 Å². The molecule has 1 atom stereocenters. The maximum Gasteiger partial charge on any atom is 0.416 e. The molecule has 132 valence electrons.